The zero-order chi connectivity index (χ0) is 22.6. The van der Waals surface area contributed by atoms with Crippen LogP contribution in [0.25, 0.3) is 0 Å². The molecule has 1 aliphatic rings. The van der Waals surface area contributed by atoms with Gasteiger partial charge in [0.05, 0.1) is 7.11 Å². The second-order valence-electron chi connectivity index (χ2n) is 9.23. The van der Waals surface area contributed by atoms with Crippen LogP contribution >= 0.6 is 0 Å². The van der Waals surface area contributed by atoms with Crippen LogP contribution in [-0.2, 0) is 14.3 Å². The van der Waals surface area contributed by atoms with Gasteiger partial charge in [0, 0.05) is 11.6 Å². The Kier molecular flexibility index (Phi) is 17.2. The van der Waals surface area contributed by atoms with Crippen molar-refractivity contribution < 1.29 is 14.3 Å². The molecule has 0 aromatic rings. The van der Waals surface area contributed by atoms with E-state index in [4.69, 9.17) is 4.74 Å². The molecule has 0 amide bonds. The highest BCUT2D eigenvalue weighted by molar-refractivity contribution is 6.48. The average molecular weight is 433 g/mol. The lowest BCUT2D eigenvalue weighted by Crippen LogP contribution is -2.18. The Labute approximate surface area is 192 Å². The number of ether oxygens (including phenoxy) is 1. The fourth-order valence-electron chi connectivity index (χ4n) is 4.33. The van der Waals surface area contributed by atoms with E-state index in [1.165, 1.54) is 122 Å². The van der Waals surface area contributed by atoms with Crippen molar-refractivity contribution >= 4 is 11.6 Å². The number of Topliss-reactive ketones (excluding diaryl/α,β-unsaturated/α-hetero) is 1. The average Bonchev–Trinajstić information content (AvgIpc) is 2.77. The zero-order valence-electron chi connectivity index (χ0n) is 20.5. The van der Waals surface area contributed by atoms with Gasteiger partial charge < -0.3 is 4.74 Å². The quantitative estimate of drug-likeness (QED) is 0.104. The van der Waals surface area contributed by atoms with Crippen molar-refractivity contribution in [2.75, 3.05) is 7.11 Å². The van der Waals surface area contributed by atoms with Crippen LogP contribution < -0.4 is 0 Å². The van der Waals surface area contributed by atoms with Gasteiger partial charge in [0.1, 0.15) is 5.76 Å². The van der Waals surface area contributed by atoms with Gasteiger partial charge in [0.15, 0.2) is 0 Å². The highest BCUT2D eigenvalue weighted by Crippen LogP contribution is 2.19. The topological polar surface area (TPSA) is 43.4 Å². The Hall–Kier alpha value is -1.38. The van der Waals surface area contributed by atoms with Gasteiger partial charge in [-0.05, 0) is 18.9 Å². The molecule has 0 spiro atoms. The molecule has 0 bridgehead atoms. The fourth-order valence-corrected chi connectivity index (χ4v) is 4.33. The number of hydrogen-bond acceptors (Lipinski definition) is 3. The molecular weight excluding hydrogens is 384 g/mol. The second kappa shape index (κ2) is 19.3. The first-order valence-electron chi connectivity index (χ1n) is 13.2. The van der Waals surface area contributed by atoms with E-state index in [1.807, 2.05) is 0 Å². The van der Waals surface area contributed by atoms with E-state index in [0.29, 0.717) is 17.8 Å². The number of rotatable bonds is 21. The number of methoxy groups -OCH3 is 1. The summed E-state index contributed by atoms with van der Waals surface area (Å²) in [6.07, 6.45) is 29.4. The van der Waals surface area contributed by atoms with Crippen LogP contribution in [-0.4, -0.2) is 18.7 Å². The molecule has 3 nitrogen and oxygen atoms in total. The molecule has 0 aliphatic heterocycles. The van der Waals surface area contributed by atoms with Gasteiger partial charge in [-0.25, -0.2) is 0 Å². The fraction of sp³-hybridized carbons (Fsp3) is 0.786. The lowest BCUT2D eigenvalue weighted by atomic mass is 9.95. The summed E-state index contributed by atoms with van der Waals surface area (Å²) in [6.45, 7) is 2.28. The molecular formula is C28H48O3. The van der Waals surface area contributed by atoms with E-state index >= 15 is 0 Å². The van der Waals surface area contributed by atoms with E-state index in [2.05, 4.69) is 6.92 Å². The van der Waals surface area contributed by atoms with E-state index in [9.17, 15) is 9.59 Å². The number of unbranched alkanes of at least 4 members (excludes halogenated alkanes) is 18. The maximum Gasteiger partial charge on any atom is 0.229 e. The molecule has 3 heteroatoms. The van der Waals surface area contributed by atoms with Gasteiger partial charge in [-0.2, -0.15) is 0 Å². The third kappa shape index (κ3) is 14.3. The number of carbonyl (C=O) groups excluding carboxylic acids is 2. The molecule has 1 rings (SSSR count). The van der Waals surface area contributed by atoms with Crippen LogP contribution in [0.4, 0.5) is 0 Å². The van der Waals surface area contributed by atoms with Gasteiger partial charge in [-0.1, -0.05) is 122 Å². The molecule has 0 radical (unpaired) electrons. The minimum atomic E-state index is -0.452. The Morgan fingerprint density at radius 1 is 0.581 bits per heavy atom. The van der Waals surface area contributed by atoms with Crippen LogP contribution in [0.3, 0.4) is 0 Å². The van der Waals surface area contributed by atoms with Gasteiger partial charge in [0.25, 0.3) is 0 Å². The summed E-state index contributed by atoms with van der Waals surface area (Å²) in [5, 5.41) is 0. The summed E-state index contributed by atoms with van der Waals surface area (Å²) in [5.41, 5.74) is 0.608. The molecule has 0 unspecified atom stereocenters. The minimum Gasteiger partial charge on any atom is -0.497 e. The Morgan fingerprint density at radius 3 is 1.35 bits per heavy atom. The predicted molar refractivity (Wildman–Crippen MR) is 131 cm³/mol. The molecule has 0 saturated carbocycles. The largest absolute Gasteiger partial charge is 0.497 e. The maximum absolute atomic E-state index is 11.9. The lowest BCUT2D eigenvalue weighted by Gasteiger charge is -2.11. The highest BCUT2D eigenvalue weighted by Gasteiger charge is 2.22. The predicted octanol–water partition coefficient (Wildman–Crippen LogP) is 8.42. The third-order valence-corrected chi connectivity index (χ3v) is 6.39. The summed E-state index contributed by atoms with van der Waals surface area (Å²) < 4.78 is 5.10. The molecule has 1 aliphatic carbocycles. The first-order valence-corrected chi connectivity index (χ1v) is 13.2. The van der Waals surface area contributed by atoms with Gasteiger partial charge in [0.2, 0.25) is 11.6 Å². The van der Waals surface area contributed by atoms with Crippen molar-refractivity contribution in [2.45, 2.75) is 135 Å². The van der Waals surface area contributed by atoms with E-state index in [0.717, 1.165) is 12.8 Å². The van der Waals surface area contributed by atoms with E-state index < -0.39 is 5.78 Å². The molecule has 178 valence electrons. The third-order valence-electron chi connectivity index (χ3n) is 6.39. The number of ketones is 2. The molecule has 0 atom stereocenters. The molecule has 0 saturated heterocycles. The van der Waals surface area contributed by atoms with Crippen LogP contribution in [0.15, 0.2) is 23.5 Å². The Balaban J connectivity index is 1.82. The smallest absolute Gasteiger partial charge is 0.229 e. The summed E-state index contributed by atoms with van der Waals surface area (Å²) in [7, 11) is 1.53. The molecule has 0 heterocycles. The molecule has 0 N–H and O–H groups in total. The number of hydrogen-bond donors (Lipinski definition) is 0. The van der Waals surface area contributed by atoms with E-state index in [1.54, 1.807) is 6.08 Å². The zero-order valence-corrected chi connectivity index (χ0v) is 20.5. The lowest BCUT2D eigenvalue weighted by molar-refractivity contribution is -0.131. The SMILES string of the molecule is CCCCCCCCCCCCCCCCCCCCCC1=CC(OC)=CC(=O)C1=O. The van der Waals surface area contributed by atoms with Crippen molar-refractivity contribution in [3.63, 3.8) is 0 Å². The van der Waals surface area contributed by atoms with Crippen LogP contribution in [0.5, 0.6) is 0 Å². The highest BCUT2D eigenvalue weighted by atomic mass is 16.5. The second-order valence-corrected chi connectivity index (χ2v) is 9.23. The monoisotopic (exact) mass is 432 g/mol. The van der Waals surface area contributed by atoms with Gasteiger partial charge >= 0.3 is 0 Å². The van der Waals surface area contributed by atoms with Crippen LogP contribution in [0.2, 0.25) is 0 Å². The van der Waals surface area contributed by atoms with Crippen molar-refractivity contribution in [3.05, 3.63) is 23.5 Å². The summed E-state index contributed by atoms with van der Waals surface area (Å²) in [6, 6.07) is 0. The Morgan fingerprint density at radius 2 is 0.968 bits per heavy atom. The number of allylic oxidation sites excluding steroid dienone is 3. The van der Waals surface area contributed by atoms with Crippen molar-refractivity contribution in [2.24, 2.45) is 0 Å². The Bertz CT molecular complexity index is 544. The molecule has 0 fully saturated rings. The molecule has 0 aromatic carbocycles. The van der Waals surface area contributed by atoms with Gasteiger partial charge in [-0.3, -0.25) is 9.59 Å². The first kappa shape index (κ1) is 27.7. The molecule has 0 aromatic heterocycles. The van der Waals surface area contributed by atoms with Crippen molar-refractivity contribution in [1.29, 1.82) is 0 Å². The summed E-state index contributed by atoms with van der Waals surface area (Å²) in [4.78, 5) is 23.5. The van der Waals surface area contributed by atoms with Crippen LogP contribution in [0.1, 0.15) is 135 Å². The van der Waals surface area contributed by atoms with Gasteiger partial charge in [-0.15, -0.1) is 0 Å². The minimum absolute atomic E-state index is 0.358. The number of carbonyl (C=O) groups is 2. The maximum atomic E-state index is 11.9. The first-order chi connectivity index (χ1) is 15.2. The molecule has 31 heavy (non-hydrogen) atoms. The van der Waals surface area contributed by atoms with Crippen molar-refractivity contribution in [1.82, 2.24) is 0 Å². The summed E-state index contributed by atoms with van der Waals surface area (Å²) >= 11 is 0. The summed E-state index contributed by atoms with van der Waals surface area (Å²) in [5.74, 6) is -0.312. The standard InChI is InChI=1S/C28H48O3/c1-3-4-5-6-7-8-9-10-11-12-13-14-15-16-17-18-19-20-21-22-25-23-26(31-2)24-27(29)28(25)30/h23-24H,3-22H2,1-2H3. The van der Waals surface area contributed by atoms with E-state index in [-0.39, 0.29) is 5.78 Å². The van der Waals surface area contributed by atoms with Crippen LogP contribution in [0, 0.1) is 0 Å². The normalized spacial score (nSPS) is 14.0. The van der Waals surface area contributed by atoms with Crippen molar-refractivity contribution in [3.8, 4) is 0 Å².